The molecule has 0 unspecified atom stereocenters. The molecule has 0 atom stereocenters. The summed E-state index contributed by atoms with van der Waals surface area (Å²) in [6.07, 6.45) is 8.94. The van der Waals surface area contributed by atoms with Crippen molar-refractivity contribution in [2.45, 2.75) is 44.6 Å². The Kier molecular flexibility index (Phi) is 3.22. The number of nitrogens with zero attached hydrogens (tertiary/aromatic N) is 1. The predicted octanol–water partition coefficient (Wildman–Crippen LogP) is 1.43. The summed E-state index contributed by atoms with van der Waals surface area (Å²) in [6, 6.07) is 0.834. The molecule has 0 aromatic rings. The van der Waals surface area contributed by atoms with E-state index in [1.807, 2.05) is 0 Å². The van der Waals surface area contributed by atoms with E-state index < -0.39 is 0 Å². The van der Waals surface area contributed by atoms with E-state index in [-0.39, 0.29) is 0 Å². The summed E-state index contributed by atoms with van der Waals surface area (Å²) in [5, 5.41) is 3.46. The van der Waals surface area contributed by atoms with Gasteiger partial charge in [-0.1, -0.05) is 0 Å². The van der Waals surface area contributed by atoms with Crippen molar-refractivity contribution in [3.05, 3.63) is 0 Å². The van der Waals surface area contributed by atoms with Crippen LogP contribution in [0.25, 0.3) is 0 Å². The molecule has 3 fully saturated rings. The third-order valence-corrected chi connectivity index (χ3v) is 5.28. The van der Waals surface area contributed by atoms with Gasteiger partial charge in [0, 0.05) is 12.0 Å². The zero-order valence-corrected chi connectivity index (χ0v) is 10.7. The second-order valence-corrected chi connectivity index (χ2v) is 6.32. The lowest BCUT2D eigenvalue weighted by molar-refractivity contribution is -0.113. The Balaban J connectivity index is 1.47. The van der Waals surface area contributed by atoms with Crippen molar-refractivity contribution in [2.24, 2.45) is 11.3 Å². The van der Waals surface area contributed by atoms with Crippen LogP contribution in [0.15, 0.2) is 0 Å². The SMILES string of the molecule is O=CC1CCN(C2CC3(CCNCC3)C2)CC1. The van der Waals surface area contributed by atoms with Crippen LogP contribution in [0.1, 0.15) is 38.5 Å². The molecular formula is C14H24N2O. The van der Waals surface area contributed by atoms with Crippen molar-refractivity contribution in [1.82, 2.24) is 10.2 Å². The fourth-order valence-electron chi connectivity index (χ4n) is 3.98. The second-order valence-electron chi connectivity index (χ2n) is 6.32. The summed E-state index contributed by atoms with van der Waals surface area (Å²) in [6.45, 7) is 4.75. The normalized spacial score (nSPS) is 31.3. The third kappa shape index (κ3) is 2.27. The highest BCUT2D eigenvalue weighted by Gasteiger charge is 2.46. The van der Waals surface area contributed by atoms with Gasteiger partial charge >= 0.3 is 0 Å². The van der Waals surface area contributed by atoms with Gasteiger partial charge in [-0.3, -0.25) is 0 Å². The van der Waals surface area contributed by atoms with Crippen molar-refractivity contribution in [3.8, 4) is 0 Å². The minimum absolute atomic E-state index is 0.346. The van der Waals surface area contributed by atoms with Crippen molar-refractivity contribution in [2.75, 3.05) is 26.2 Å². The Morgan fingerprint density at radius 3 is 2.35 bits per heavy atom. The maximum Gasteiger partial charge on any atom is 0.123 e. The second kappa shape index (κ2) is 4.69. The molecule has 0 aromatic heterocycles. The van der Waals surface area contributed by atoms with Crippen molar-refractivity contribution in [1.29, 1.82) is 0 Å². The molecule has 1 aliphatic carbocycles. The summed E-state index contributed by atoms with van der Waals surface area (Å²) < 4.78 is 0. The van der Waals surface area contributed by atoms with Gasteiger partial charge in [0.05, 0.1) is 0 Å². The topological polar surface area (TPSA) is 32.3 Å². The Bertz CT molecular complexity index is 270. The number of piperidine rings is 2. The lowest BCUT2D eigenvalue weighted by Crippen LogP contribution is -2.55. The fourth-order valence-corrected chi connectivity index (χ4v) is 3.98. The van der Waals surface area contributed by atoms with Gasteiger partial charge in [-0.2, -0.15) is 0 Å². The van der Waals surface area contributed by atoms with Crippen LogP contribution in [-0.2, 0) is 4.79 Å². The van der Waals surface area contributed by atoms with Crippen LogP contribution in [-0.4, -0.2) is 43.4 Å². The number of aldehydes is 1. The number of rotatable bonds is 2. The zero-order chi connectivity index (χ0) is 11.7. The fraction of sp³-hybridized carbons (Fsp3) is 0.929. The van der Waals surface area contributed by atoms with Crippen LogP contribution >= 0.6 is 0 Å². The molecule has 0 radical (unpaired) electrons. The van der Waals surface area contributed by atoms with Crippen molar-refractivity contribution < 1.29 is 4.79 Å². The first-order valence-corrected chi connectivity index (χ1v) is 7.21. The number of hydrogen-bond donors (Lipinski definition) is 1. The number of hydrogen-bond acceptors (Lipinski definition) is 3. The molecule has 3 aliphatic rings. The third-order valence-electron chi connectivity index (χ3n) is 5.28. The minimum Gasteiger partial charge on any atom is -0.317 e. The van der Waals surface area contributed by atoms with Gasteiger partial charge in [-0.05, 0) is 70.1 Å². The summed E-state index contributed by atoms with van der Waals surface area (Å²) in [7, 11) is 0. The first-order chi connectivity index (χ1) is 8.31. The minimum atomic E-state index is 0.346. The van der Waals surface area contributed by atoms with E-state index in [9.17, 15) is 4.79 Å². The van der Waals surface area contributed by atoms with Gasteiger partial charge in [-0.25, -0.2) is 0 Å². The summed E-state index contributed by atoms with van der Waals surface area (Å²) in [5.74, 6) is 0.346. The van der Waals surface area contributed by atoms with Gasteiger partial charge in [0.25, 0.3) is 0 Å². The predicted molar refractivity (Wildman–Crippen MR) is 67.9 cm³/mol. The maximum atomic E-state index is 10.7. The number of carbonyl (C=O) groups excluding carboxylic acids is 1. The van der Waals surface area contributed by atoms with Gasteiger partial charge in [0.1, 0.15) is 6.29 Å². The first-order valence-electron chi connectivity index (χ1n) is 7.21. The molecule has 2 aliphatic heterocycles. The Morgan fingerprint density at radius 1 is 1.12 bits per heavy atom. The van der Waals surface area contributed by atoms with E-state index >= 15 is 0 Å². The lowest BCUT2D eigenvalue weighted by Gasteiger charge is -2.55. The monoisotopic (exact) mass is 236 g/mol. The standard InChI is InChI=1S/C14H24N2O/c17-11-12-1-7-16(8-2-12)13-9-14(10-13)3-5-15-6-4-14/h11-13,15H,1-10H2. The molecule has 0 bridgehead atoms. The van der Waals surface area contributed by atoms with E-state index in [1.54, 1.807) is 0 Å². The van der Waals surface area contributed by atoms with Crippen LogP contribution in [0, 0.1) is 11.3 Å². The van der Waals surface area contributed by atoms with Crippen molar-refractivity contribution >= 4 is 6.29 Å². The molecule has 0 amide bonds. The Labute approximate surface area is 104 Å². The quantitative estimate of drug-likeness (QED) is 0.736. The highest BCUT2D eigenvalue weighted by molar-refractivity contribution is 5.53. The smallest absolute Gasteiger partial charge is 0.123 e. The number of carbonyl (C=O) groups is 1. The summed E-state index contributed by atoms with van der Waals surface area (Å²) >= 11 is 0. The van der Waals surface area contributed by atoms with E-state index in [4.69, 9.17) is 0 Å². The van der Waals surface area contributed by atoms with E-state index in [1.165, 1.54) is 38.8 Å². The highest BCUT2D eigenvalue weighted by Crippen LogP contribution is 2.50. The van der Waals surface area contributed by atoms with Crippen LogP contribution in [0.2, 0.25) is 0 Å². The van der Waals surface area contributed by atoms with Crippen LogP contribution in [0.5, 0.6) is 0 Å². The average Bonchev–Trinajstić information content (AvgIpc) is 2.37. The van der Waals surface area contributed by atoms with Gasteiger partial charge in [-0.15, -0.1) is 0 Å². The van der Waals surface area contributed by atoms with Gasteiger partial charge in [0.2, 0.25) is 0 Å². The van der Waals surface area contributed by atoms with Gasteiger partial charge < -0.3 is 15.0 Å². The maximum absolute atomic E-state index is 10.7. The largest absolute Gasteiger partial charge is 0.317 e. The molecule has 2 saturated heterocycles. The molecule has 1 spiro atoms. The van der Waals surface area contributed by atoms with Crippen LogP contribution in [0.4, 0.5) is 0 Å². The molecule has 0 aromatic carbocycles. The molecule has 3 heteroatoms. The van der Waals surface area contributed by atoms with E-state index in [2.05, 4.69) is 10.2 Å². The Hall–Kier alpha value is -0.410. The van der Waals surface area contributed by atoms with Crippen LogP contribution < -0.4 is 5.32 Å². The molecule has 3 rings (SSSR count). The lowest BCUT2D eigenvalue weighted by atomic mass is 9.60. The first kappa shape index (κ1) is 11.7. The molecule has 96 valence electrons. The van der Waals surface area contributed by atoms with E-state index in [0.29, 0.717) is 11.3 Å². The molecule has 1 N–H and O–H groups in total. The summed E-state index contributed by atoms with van der Waals surface area (Å²) in [5.41, 5.74) is 0.692. The molecule has 1 saturated carbocycles. The van der Waals surface area contributed by atoms with E-state index in [0.717, 1.165) is 38.3 Å². The number of nitrogens with one attached hydrogen (secondary N) is 1. The average molecular weight is 236 g/mol. The molecule has 3 nitrogen and oxygen atoms in total. The molecule has 17 heavy (non-hydrogen) atoms. The van der Waals surface area contributed by atoms with Gasteiger partial charge in [0.15, 0.2) is 0 Å². The van der Waals surface area contributed by atoms with Crippen molar-refractivity contribution in [3.63, 3.8) is 0 Å². The molecule has 2 heterocycles. The van der Waals surface area contributed by atoms with Crippen LogP contribution in [0.3, 0.4) is 0 Å². The number of likely N-dealkylation sites (tertiary alicyclic amines) is 1. The zero-order valence-electron chi connectivity index (χ0n) is 10.7. The molecular weight excluding hydrogens is 212 g/mol. The summed E-state index contributed by atoms with van der Waals surface area (Å²) in [4.78, 5) is 13.4. The Morgan fingerprint density at radius 2 is 1.76 bits per heavy atom. The highest BCUT2D eigenvalue weighted by atomic mass is 16.1.